The van der Waals surface area contributed by atoms with Crippen LogP contribution in [0.4, 0.5) is 5.69 Å². The average Bonchev–Trinajstić information content (AvgIpc) is 3.09. The quantitative estimate of drug-likeness (QED) is 0.526. The van der Waals surface area contributed by atoms with Gasteiger partial charge in [0.1, 0.15) is 6.04 Å². The molecule has 1 aromatic rings. The molecule has 2 rings (SSSR count). The van der Waals surface area contributed by atoms with Crippen LogP contribution in [0.2, 0.25) is 0 Å². The van der Waals surface area contributed by atoms with Gasteiger partial charge in [0.05, 0.1) is 0 Å². The van der Waals surface area contributed by atoms with Crippen molar-refractivity contribution in [1.82, 2.24) is 10.2 Å². The van der Waals surface area contributed by atoms with Crippen LogP contribution in [0.25, 0.3) is 0 Å². The number of hydrogen-bond acceptors (Lipinski definition) is 3. The summed E-state index contributed by atoms with van der Waals surface area (Å²) >= 11 is 0. The van der Waals surface area contributed by atoms with E-state index in [1.807, 2.05) is 17.0 Å². The minimum absolute atomic E-state index is 0.0757. The zero-order chi connectivity index (χ0) is 20.4. The first-order chi connectivity index (χ1) is 13.6. The molecule has 0 aliphatic carbocycles. The van der Waals surface area contributed by atoms with Gasteiger partial charge < -0.3 is 15.5 Å². The highest BCUT2D eigenvalue weighted by molar-refractivity contribution is 5.87. The number of hydrogen-bond donors (Lipinski definition) is 2. The zero-order valence-corrected chi connectivity index (χ0v) is 17.8. The van der Waals surface area contributed by atoms with Gasteiger partial charge in [0.25, 0.3) is 0 Å². The molecule has 5 nitrogen and oxygen atoms in total. The molecule has 2 atom stereocenters. The fourth-order valence-electron chi connectivity index (χ4n) is 3.98. The number of carbonyl (C=O) groups excluding carboxylic acids is 2. The number of fused-ring (bicyclic) bond motifs is 1. The van der Waals surface area contributed by atoms with E-state index in [0.29, 0.717) is 6.42 Å². The lowest BCUT2D eigenvalue weighted by molar-refractivity contribution is -0.136. The van der Waals surface area contributed by atoms with Crippen LogP contribution < -0.4 is 10.6 Å². The molecular weight excluding hydrogens is 350 g/mol. The summed E-state index contributed by atoms with van der Waals surface area (Å²) < 4.78 is 0. The van der Waals surface area contributed by atoms with E-state index in [2.05, 4.69) is 36.6 Å². The second-order valence-electron chi connectivity index (χ2n) is 7.89. The Balaban J connectivity index is 2.09. The Kier molecular flexibility index (Phi) is 9.32. The van der Waals surface area contributed by atoms with Gasteiger partial charge in [0, 0.05) is 38.2 Å². The van der Waals surface area contributed by atoms with Gasteiger partial charge in [-0.3, -0.25) is 9.59 Å². The number of rotatable bonds is 12. The SMILES string of the molecule is CCCCCN(CCCCC)C(=O)C(CC1CNc2ccccc21)NC(C)=O. The van der Waals surface area contributed by atoms with Gasteiger partial charge in [-0.25, -0.2) is 0 Å². The fourth-order valence-corrected chi connectivity index (χ4v) is 3.98. The smallest absolute Gasteiger partial charge is 0.245 e. The van der Waals surface area contributed by atoms with Crippen molar-refractivity contribution in [2.45, 2.75) is 77.7 Å². The van der Waals surface area contributed by atoms with Crippen LogP contribution in [0.5, 0.6) is 0 Å². The fraction of sp³-hybridized carbons (Fsp3) is 0.652. The molecule has 0 saturated heterocycles. The highest BCUT2D eigenvalue weighted by Crippen LogP contribution is 2.34. The predicted molar refractivity (Wildman–Crippen MR) is 116 cm³/mol. The van der Waals surface area contributed by atoms with Crippen molar-refractivity contribution >= 4 is 17.5 Å². The topological polar surface area (TPSA) is 61.4 Å². The van der Waals surface area contributed by atoms with Crippen molar-refractivity contribution in [2.24, 2.45) is 0 Å². The summed E-state index contributed by atoms with van der Waals surface area (Å²) in [5, 5.41) is 6.36. The molecule has 2 N–H and O–H groups in total. The molecular formula is C23H37N3O2. The van der Waals surface area contributed by atoms with Crippen molar-refractivity contribution in [1.29, 1.82) is 0 Å². The van der Waals surface area contributed by atoms with Gasteiger partial charge in [-0.05, 0) is 30.9 Å². The molecule has 2 amide bonds. The normalized spacial score (nSPS) is 16.2. The van der Waals surface area contributed by atoms with E-state index >= 15 is 0 Å². The van der Waals surface area contributed by atoms with Gasteiger partial charge in [-0.2, -0.15) is 0 Å². The molecule has 1 aromatic carbocycles. The molecule has 1 aliphatic heterocycles. The summed E-state index contributed by atoms with van der Waals surface area (Å²) in [7, 11) is 0. The molecule has 2 unspecified atom stereocenters. The number of unbranched alkanes of at least 4 members (excludes halogenated alkanes) is 4. The Morgan fingerprint density at radius 3 is 2.36 bits per heavy atom. The van der Waals surface area contributed by atoms with Crippen LogP contribution >= 0.6 is 0 Å². The van der Waals surface area contributed by atoms with Crippen LogP contribution in [0.1, 0.15) is 77.2 Å². The molecule has 28 heavy (non-hydrogen) atoms. The molecule has 0 aromatic heterocycles. The summed E-state index contributed by atoms with van der Waals surface area (Å²) in [6.45, 7) is 8.23. The van der Waals surface area contributed by atoms with Crippen LogP contribution in [-0.2, 0) is 9.59 Å². The zero-order valence-electron chi connectivity index (χ0n) is 17.8. The lowest BCUT2D eigenvalue weighted by Gasteiger charge is -2.29. The maximum absolute atomic E-state index is 13.4. The third kappa shape index (κ3) is 6.54. The Morgan fingerprint density at radius 1 is 1.11 bits per heavy atom. The van der Waals surface area contributed by atoms with Crippen molar-refractivity contribution in [3.05, 3.63) is 29.8 Å². The number of benzene rings is 1. The van der Waals surface area contributed by atoms with Gasteiger partial charge in [-0.1, -0.05) is 57.7 Å². The van der Waals surface area contributed by atoms with E-state index in [1.54, 1.807) is 0 Å². The molecule has 1 aliphatic rings. The Bertz CT molecular complexity index is 622. The molecule has 156 valence electrons. The maximum atomic E-state index is 13.4. The van der Waals surface area contributed by atoms with Crippen molar-refractivity contribution in [2.75, 3.05) is 25.0 Å². The molecule has 0 spiro atoms. The number of amides is 2. The molecule has 1 heterocycles. The molecule has 0 bridgehead atoms. The molecule has 5 heteroatoms. The van der Waals surface area contributed by atoms with Gasteiger partial charge in [0.15, 0.2) is 0 Å². The average molecular weight is 388 g/mol. The second kappa shape index (κ2) is 11.7. The Labute approximate surface area is 170 Å². The van der Waals surface area contributed by atoms with Gasteiger partial charge in [0.2, 0.25) is 11.8 Å². The van der Waals surface area contributed by atoms with Gasteiger partial charge in [-0.15, -0.1) is 0 Å². The lowest BCUT2D eigenvalue weighted by Crippen LogP contribution is -2.49. The molecule has 0 saturated carbocycles. The number of anilines is 1. The highest BCUT2D eigenvalue weighted by atomic mass is 16.2. The summed E-state index contributed by atoms with van der Waals surface area (Å²) in [6, 6.07) is 7.80. The van der Waals surface area contributed by atoms with Crippen LogP contribution in [-0.4, -0.2) is 42.4 Å². The highest BCUT2D eigenvalue weighted by Gasteiger charge is 2.31. The third-order valence-corrected chi connectivity index (χ3v) is 5.51. The van der Waals surface area contributed by atoms with E-state index in [-0.39, 0.29) is 17.7 Å². The summed E-state index contributed by atoms with van der Waals surface area (Å²) in [5.74, 6) is 0.177. The van der Waals surface area contributed by atoms with Crippen molar-refractivity contribution in [3.8, 4) is 0 Å². The third-order valence-electron chi connectivity index (χ3n) is 5.51. The van der Waals surface area contributed by atoms with Crippen LogP contribution in [0, 0.1) is 0 Å². The maximum Gasteiger partial charge on any atom is 0.245 e. The number of nitrogens with one attached hydrogen (secondary N) is 2. The predicted octanol–water partition coefficient (Wildman–Crippen LogP) is 4.30. The van der Waals surface area contributed by atoms with Crippen LogP contribution in [0.15, 0.2) is 24.3 Å². The summed E-state index contributed by atoms with van der Waals surface area (Å²) in [5.41, 5.74) is 2.39. The van der Waals surface area contributed by atoms with Crippen molar-refractivity contribution in [3.63, 3.8) is 0 Å². The van der Waals surface area contributed by atoms with E-state index in [0.717, 1.165) is 63.8 Å². The minimum Gasteiger partial charge on any atom is -0.384 e. The minimum atomic E-state index is -0.460. The van der Waals surface area contributed by atoms with Crippen LogP contribution in [0.3, 0.4) is 0 Å². The lowest BCUT2D eigenvalue weighted by atomic mass is 9.93. The number of para-hydroxylation sites is 1. The summed E-state index contributed by atoms with van der Waals surface area (Å²) in [6.07, 6.45) is 7.21. The number of carbonyl (C=O) groups is 2. The summed E-state index contributed by atoms with van der Waals surface area (Å²) in [4.78, 5) is 27.2. The first-order valence-electron chi connectivity index (χ1n) is 11.0. The van der Waals surface area contributed by atoms with E-state index in [9.17, 15) is 9.59 Å². The second-order valence-corrected chi connectivity index (χ2v) is 7.89. The number of nitrogens with zero attached hydrogens (tertiary/aromatic N) is 1. The molecule has 0 radical (unpaired) electrons. The first-order valence-corrected chi connectivity index (χ1v) is 11.0. The largest absolute Gasteiger partial charge is 0.384 e. The first kappa shape index (κ1) is 22.3. The Morgan fingerprint density at radius 2 is 1.75 bits per heavy atom. The van der Waals surface area contributed by atoms with E-state index < -0.39 is 6.04 Å². The van der Waals surface area contributed by atoms with E-state index in [1.165, 1.54) is 12.5 Å². The standard InChI is InChI=1S/C23H37N3O2/c1-4-6-10-14-26(15-11-7-5-2)23(28)22(25-18(3)27)16-19-17-24-21-13-9-8-12-20(19)21/h8-9,12-13,19,22,24H,4-7,10-11,14-17H2,1-3H3,(H,25,27). The van der Waals surface area contributed by atoms with Gasteiger partial charge >= 0.3 is 0 Å². The van der Waals surface area contributed by atoms with E-state index in [4.69, 9.17) is 0 Å². The Hall–Kier alpha value is -2.04. The monoisotopic (exact) mass is 387 g/mol. The van der Waals surface area contributed by atoms with Crippen molar-refractivity contribution < 1.29 is 9.59 Å². The molecule has 0 fully saturated rings.